The van der Waals surface area contributed by atoms with Crippen molar-refractivity contribution in [1.82, 2.24) is 0 Å². The second-order valence-electron chi connectivity index (χ2n) is 3.85. The lowest BCUT2D eigenvalue weighted by atomic mass is 10.1. The van der Waals surface area contributed by atoms with Crippen molar-refractivity contribution in [2.45, 2.75) is 19.6 Å². The lowest BCUT2D eigenvalue weighted by Crippen LogP contribution is -2.27. The average molecular weight is 262 g/mol. The Morgan fingerprint density at radius 3 is 2.44 bits per heavy atom. The highest BCUT2D eigenvalue weighted by atomic mass is 19.4. The fourth-order valence-electron chi connectivity index (χ4n) is 1.80. The van der Waals surface area contributed by atoms with E-state index in [-0.39, 0.29) is 13.2 Å². The smallest absolute Gasteiger partial charge is 0.395 e. The maximum Gasteiger partial charge on any atom is 0.416 e. The minimum absolute atomic E-state index is 0.0290. The molecule has 0 saturated carbocycles. The number of likely N-dealkylation sites (N-methyl/N-ethyl adjacent to an activating group) is 1. The maximum atomic E-state index is 12.6. The van der Waals surface area contributed by atoms with Gasteiger partial charge in [-0.25, -0.2) is 0 Å². The summed E-state index contributed by atoms with van der Waals surface area (Å²) >= 11 is 0. The summed E-state index contributed by atoms with van der Waals surface area (Å²) in [5.74, 6) is 0. The van der Waals surface area contributed by atoms with Gasteiger partial charge in [-0.2, -0.15) is 13.2 Å². The number of aliphatic hydroxyl groups is 1. The van der Waals surface area contributed by atoms with Crippen LogP contribution in [0.25, 0.3) is 0 Å². The maximum absolute atomic E-state index is 12.6. The Hall–Kier alpha value is -1.27. The predicted molar refractivity (Wildman–Crippen MR) is 64.3 cm³/mol. The van der Waals surface area contributed by atoms with Gasteiger partial charge >= 0.3 is 6.18 Å². The standard InChI is InChI=1S/C12H17F3N2O/c1-2-17(5-6-18)11-4-3-10(12(13,14)15)7-9(11)8-16/h3-4,7,18H,2,5-6,8,16H2,1H3. The Balaban J connectivity index is 3.14. The molecule has 0 unspecified atom stereocenters. The molecule has 102 valence electrons. The number of rotatable bonds is 5. The zero-order valence-electron chi connectivity index (χ0n) is 10.2. The minimum Gasteiger partial charge on any atom is -0.395 e. The van der Waals surface area contributed by atoms with Gasteiger partial charge in [0.1, 0.15) is 0 Å². The molecule has 3 nitrogen and oxygen atoms in total. The summed E-state index contributed by atoms with van der Waals surface area (Å²) in [7, 11) is 0. The third-order valence-electron chi connectivity index (χ3n) is 2.72. The highest BCUT2D eigenvalue weighted by Crippen LogP contribution is 2.32. The van der Waals surface area contributed by atoms with Crippen LogP contribution < -0.4 is 10.6 Å². The summed E-state index contributed by atoms with van der Waals surface area (Å²) in [4.78, 5) is 1.79. The molecule has 0 aliphatic rings. The van der Waals surface area contributed by atoms with Crippen LogP contribution in [0.2, 0.25) is 0 Å². The van der Waals surface area contributed by atoms with Crippen molar-refractivity contribution in [2.24, 2.45) is 5.73 Å². The lowest BCUT2D eigenvalue weighted by molar-refractivity contribution is -0.137. The van der Waals surface area contributed by atoms with Gasteiger partial charge in [0.25, 0.3) is 0 Å². The zero-order valence-corrected chi connectivity index (χ0v) is 10.2. The number of aliphatic hydroxyl groups excluding tert-OH is 1. The topological polar surface area (TPSA) is 49.5 Å². The van der Waals surface area contributed by atoms with Crippen LogP contribution in [0, 0.1) is 0 Å². The minimum atomic E-state index is -4.36. The van der Waals surface area contributed by atoms with E-state index in [0.29, 0.717) is 24.3 Å². The molecule has 0 amide bonds. The number of nitrogens with zero attached hydrogens (tertiary/aromatic N) is 1. The van der Waals surface area contributed by atoms with Crippen molar-refractivity contribution in [3.63, 3.8) is 0 Å². The first-order valence-electron chi connectivity index (χ1n) is 5.70. The van der Waals surface area contributed by atoms with E-state index in [1.807, 2.05) is 6.92 Å². The summed E-state index contributed by atoms with van der Waals surface area (Å²) in [5, 5.41) is 8.92. The number of anilines is 1. The number of benzene rings is 1. The van der Waals surface area contributed by atoms with Crippen LogP contribution in [0.5, 0.6) is 0 Å². The van der Waals surface area contributed by atoms with Gasteiger partial charge in [0, 0.05) is 25.3 Å². The molecule has 1 rings (SSSR count). The molecule has 0 saturated heterocycles. The molecular formula is C12H17F3N2O. The SMILES string of the molecule is CCN(CCO)c1ccc(C(F)(F)F)cc1CN. The molecule has 0 radical (unpaired) electrons. The molecule has 1 aromatic rings. The highest BCUT2D eigenvalue weighted by Gasteiger charge is 2.31. The van der Waals surface area contributed by atoms with Crippen LogP contribution in [0.3, 0.4) is 0 Å². The second-order valence-corrected chi connectivity index (χ2v) is 3.85. The van der Waals surface area contributed by atoms with Crippen molar-refractivity contribution in [1.29, 1.82) is 0 Å². The van der Waals surface area contributed by atoms with E-state index in [1.54, 1.807) is 4.90 Å². The zero-order chi connectivity index (χ0) is 13.8. The van der Waals surface area contributed by atoms with Gasteiger partial charge in [0.15, 0.2) is 0 Å². The molecule has 0 aromatic heterocycles. The van der Waals surface area contributed by atoms with Crippen LogP contribution in [-0.2, 0) is 12.7 Å². The van der Waals surface area contributed by atoms with Gasteiger partial charge in [-0.3, -0.25) is 0 Å². The molecular weight excluding hydrogens is 245 g/mol. The van der Waals surface area contributed by atoms with Crippen LogP contribution in [0.1, 0.15) is 18.1 Å². The average Bonchev–Trinajstić information content (AvgIpc) is 2.34. The first kappa shape index (κ1) is 14.8. The van der Waals surface area contributed by atoms with Gasteiger partial charge in [-0.05, 0) is 30.7 Å². The molecule has 6 heteroatoms. The van der Waals surface area contributed by atoms with Crippen LogP contribution in [-0.4, -0.2) is 24.8 Å². The molecule has 0 fully saturated rings. The van der Waals surface area contributed by atoms with Gasteiger partial charge in [0.2, 0.25) is 0 Å². The first-order valence-corrected chi connectivity index (χ1v) is 5.70. The number of alkyl halides is 3. The molecule has 0 atom stereocenters. The normalized spacial score (nSPS) is 11.7. The molecule has 0 aliphatic carbocycles. The monoisotopic (exact) mass is 262 g/mol. The summed E-state index contributed by atoms with van der Waals surface area (Å²) in [6, 6.07) is 3.51. The summed E-state index contributed by atoms with van der Waals surface area (Å²) < 4.78 is 37.7. The summed E-state index contributed by atoms with van der Waals surface area (Å²) in [6.07, 6.45) is -4.36. The Morgan fingerprint density at radius 1 is 1.33 bits per heavy atom. The fourth-order valence-corrected chi connectivity index (χ4v) is 1.80. The lowest BCUT2D eigenvalue weighted by Gasteiger charge is -2.25. The Morgan fingerprint density at radius 2 is 2.00 bits per heavy atom. The van der Waals surface area contributed by atoms with Crippen LogP contribution in [0.4, 0.5) is 18.9 Å². The Kier molecular flexibility index (Phi) is 4.98. The van der Waals surface area contributed by atoms with Gasteiger partial charge in [-0.1, -0.05) is 0 Å². The van der Waals surface area contributed by atoms with Crippen molar-refractivity contribution in [3.05, 3.63) is 29.3 Å². The molecule has 0 aliphatic heterocycles. The van der Waals surface area contributed by atoms with Gasteiger partial charge < -0.3 is 15.7 Å². The molecule has 18 heavy (non-hydrogen) atoms. The summed E-state index contributed by atoms with van der Waals surface area (Å²) in [5.41, 5.74) is 5.86. The number of hydrogen-bond donors (Lipinski definition) is 2. The second kappa shape index (κ2) is 6.06. The molecule has 0 bridgehead atoms. The first-order chi connectivity index (χ1) is 8.43. The van der Waals surface area contributed by atoms with Crippen molar-refractivity contribution in [3.8, 4) is 0 Å². The number of nitrogens with two attached hydrogens (primary N) is 1. The van der Waals surface area contributed by atoms with Gasteiger partial charge in [-0.15, -0.1) is 0 Å². The largest absolute Gasteiger partial charge is 0.416 e. The van der Waals surface area contributed by atoms with E-state index < -0.39 is 11.7 Å². The fraction of sp³-hybridized carbons (Fsp3) is 0.500. The molecule has 0 spiro atoms. The van der Waals surface area contributed by atoms with Crippen molar-refractivity contribution < 1.29 is 18.3 Å². The Bertz CT molecular complexity index is 393. The van der Waals surface area contributed by atoms with E-state index in [4.69, 9.17) is 10.8 Å². The third-order valence-corrected chi connectivity index (χ3v) is 2.72. The highest BCUT2D eigenvalue weighted by molar-refractivity contribution is 5.55. The quantitative estimate of drug-likeness (QED) is 0.853. The van der Waals surface area contributed by atoms with Crippen molar-refractivity contribution >= 4 is 5.69 Å². The van der Waals surface area contributed by atoms with Gasteiger partial charge in [0.05, 0.1) is 12.2 Å². The molecule has 3 N–H and O–H groups in total. The Labute approximate surface area is 104 Å². The van der Waals surface area contributed by atoms with E-state index >= 15 is 0 Å². The molecule has 0 heterocycles. The van der Waals surface area contributed by atoms with E-state index in [1.165, 1.54) is 6.07 Å². The number of hydrogen-bond acceptors (Lipinski definition) is 3. The van der Waals surface area contributed by atoms with E-state index in [0.717, 1.165) is 12.1 Å². The molecule has 1 aromatic carbocycles. The third kappa shape index (κ3) is 3.36. The van der Waals surface area contributed by atoms with Crippen LogP contribution in [0.15, 0.2) is 18.2 Å². The summed E-state index contributed by atoms with van der Waals surface area (Å²) in [6.45, 7) is 2.81. The van der Waals surface area contributed by atoms with Crippen LogP contribution >= 0.6 is 0 Å². The number of halogens is 3. The van der Waals surface area contributed by atoms with E-state index in [2.05, 4.69) is 0 Å². The van der Waals surface area contributed by atoms with Crippen molar-refractivity contribution in [2.75, 3.05) is 24.6 Å². The van der Waals surface area contributed by atoms with E-state index in [9.17, 15) is 13.2 Å². The predicted octanol–water partition coefficient (Wildman–Crippen LogP) is 1.98.